The van der Waals surface area contributed by atoms with E-state index in [9.17, 15) is 14.4 Å². The van der Waals surface area contributed by atoms with E-state index in [-0.39, 0.29) is 42.6 Å². The molecule has 0 fully saturated rings. The first kappa shape index (κ1) is 23.5. The predicted molar refractivity (Wildman–Crippen MR) is 126 cm³/mol. The van der Waals surface area contributed by atoms with E-state index in [0.717, 1.165) is 29.7 Å². The van der Waals surface area contributed by atoms with Gasteiger partial charge >= 0.3 is 0 Å². The number of carbonyl (C=O) groups excluding carboxylic acids is 3. The summed E-state index contributed by atoms with van der Waals surface area (Å²) in [7, 11) is 0. The summed E-state index contributed by atoms with van der Waals surface area (Å²) in [5, 5.41) is 5.63. The third kappa shape index (κ3) is 5.55. The molecule has 170 valence electrons. The van der Waals surface area contributed by atoms with Gasteiger partial charge in [-0.1, -0.05) is 68.3 Å². The number of hydrogen-bond acceptors (Lipinski definition) is 3. The highest BCUT2D eigenvalue weighted by molar-refractivity contribution is 6.00. The molecule has 0 aliphatic carbocycles. The average molecular weight is 436 g/mol. The van der Waals surface area contributed by atoms with Crippen LogP contribution in [0, 0.1) is 12.8 Å². The lowest BCUT2D eigenvalue weighted by molar-refractivity contribution is -0.131. The van der Waals surface area contributed by atoms with Crippen LogP contribution in [0.15, 0.2) is 48.5 Å². The molecular weight excluding hydrogens is 402 g/mol. The van der Waals surface area contributed by atoms with Crippen LogP contribution < -0.4 is 15.5 Å². The van der Waals surface area contributed by atoms with E-state index in [1.807, 2.05) is 70.2 Å². The van der Waals surface area contributed by atoms with Crippen molar-refractivity contribution < 1.29 is 14.4 Å². The van der Waals surface area contributed by atoms with Crippen molar-refractivity contribution in [3.05, 3.63) is 65.2 Å². The number of amides is 3. The molecule has 0 bridgehead atoms. The van der Waals surface area contributed by atoms with Gasteiger partial charge in [-0.05, 0) is 43.4 Å². The quantitative estimate of drug-likeness (QED) is 0.669. The first-order chi connectivity index (χ1) is 15.3. The highest BCUT2D eigenvalue weighted by Crippen LogP contribution is 2.32. The molecule has 3 amide bonds. The number of carbonyl (C=O) groups is 3. The van der Waals surface area contributed by atoms with Gasteiger partial charge in [0.2, 0.25) is 17.7 Å². The Morgan fingerprint density at radius 2 is 1.84 bits per heavy atom. The zero-order valence-corrected chi connectivity index (χ0v) is 19.4. The van der Waals surface area contributed by atoms with E-state index in [1.54, 1.807) is 4.90 Å². The second kappa shape index (κ2) is 10.4. The summed E-state index contributed by atoms with van der Waals surface area (Å²) in [4.78, 5) is 40.2. The van der Waals surface area contributed by atoms with Crippen molar-refractivity contribution in [2.75, 3.05) is 11.4 Å². The minimum absolute atomic E-state index is 0.0483. The highest BCUT2D eigenvalue weighted by Gasteiger charge is 2.32. The fourth-order valence-electron chi connectivity index (χ4n) is 4.21. The number of hydrogen-bond donors (Lipinski definition) is 2. The van der Waals surface area contributed by atoms with E-state index >= 15 is 0 Å². The first-order valence-corrected chi connectivity index (χ1v) is 11.3. The maximum Gasteiger partial charge on any atom is 0.246 e. The topological polar surface area (TPSA) is 78.5 Å². The van der Waals surface area contributed by atoms with E-state index in [4.69, 9.17) is 0 Å². The van der Waals surface area contributed by atoms with Gasteiger partial charge in [-0.3, -0.25) is 14.4 Å². The Bertz CT molecular complexity index is 974. The van der Waals surface area contributed by atoms with Gasteiger partial charge < -0.3 is 15.5 Å². The summed E-state index contributed by atoms with van der Waals surface area (Å²) in [6.45, 7) is 7.86. The molecule has 6 nitrogen and oxygen atoms in total. The van der Waals surface area contributed by atoms with Gasteiger partial charge in [-0.25, -0.2) is 0 Å². The summed E-state index contributed by atoms with van der Waals surface area (Å²) in [5.41, 5.74) is 4.13. The van der Waals surface area contributed by atoms with Crippen LogP contribution in [0.25, 0.3) is 0 Å². The van der Waals surface area contributed by atoms with Crippen molar-refractivity contribution in [2.24, 2.45) is 5.92 Å². The van der Waals surface area contributed by atoms with E-state index in [0.29, 0.717) is 0 Å². The Kier molecular flexibility index (Phi) is 7.67. The van der Waals surface area contributed by atoms with Gasteiger partial charge in [0.1, 0.15) is 6.04 Å². The Labute approximate surface area is 190 Å². The molecular formula is C26H33N3O3. The summed E-state index contributed by atoms with van der Waals surface area (Å²) in [5.74, 6) is -0.739. The van der Waals surface area contributed by atoms with Gasteiger partial charge in [0.15, 0.2) is 0 Å². The van der Waals surface area contributed by atoms with Crippen LogP contribution in [0.4, 0.5) is 5.69 Å². The molecule has 2 aromatic rings. The lowest BCUT2D eigenvalue weighted by Gasteiger charge is -2.26. The molecule has 0 aromatic heterocycles. The smallest absolute Gasteiger partial charge is 0.246 e. The van der Waals surface area contributed by atoms with Crippen molar-refractivity contribution in [3.63, 3.8) is 0 Å². The van der Waals surface area contributed by atoms with Crippen LogP contribution >= 0.6 is 0 Å². The molecule has 6 heteroatoms. The minimum atomic E-state index is -0.685. The van der Waals surface area contributed by atoms with Gasteiger partial charge in [0.25, 0.3) is 0 Å². The molecule has 2 aromatic carbocycles. The van der Waals surface area contributed by atoms with Crippen LogP contribution in [0.2, 0.25) is 0 Å². The van der Waals surface area contributed by atoms with Crippen LogP contribution in [0.5, 0.6) is 0 Å². The largest absolute Gasteiger partial charge is 0.345 e. The van der Waals surface area contributed by atoms with Crippen molar-refractivity contribution in [3.8, 4) is 0 Å². The number of fused-ring (bicyclic) bond motifs is 1. The average Bonchev–Trinajstić information content (AvgIpc) is 3.10. The zero-order chi connectivity index (χ0) is 23.3. The lowest BCUT2D eigenvalue weighted by atomic mass is 9.98. The van der Waals surface area contributed by atoms with Gasteiger partial charge in [0, 0.05) is 11.7 Å². The predicted octanol–water partition coefficient (Wildman–Crippen LogP) is 3.16. The molecule has 0 spiro atoms. The Morgan fingerprint density at radius 1 is 1.12 bits per heavy atom. The summed E-state index contributed by atoms with van der Waals surface area (Å²) in [6.07, 6.45) is 1.75. The molecule has 32 heavy (non-hydrogen) atoms. The van der Waals surface area contributed by atoms with E-state index in [1.165, 1.54) is 5.56 Å². The van der Waals surface area contributed by atoms with Crippen molar-refractivity contribution in [2.45, 2.75) is 59.0 Å². The van der Waals surface area contributed by atoms with Crippen molar-refractivity contribution in [1.82, 2.24) is 10.6 Å². The van der Waals surface area contributed by atoms with Gasteiger partial charge in [0.05, 0.1) is 13.0 Å². The molecule has 1 heterocycles. The zero-order valence-electron chi connectivity index (χ0n) is 19.4. The fraction of sp³-hybridized carbons (Fsp3) is 0.423. The van der Waals surface area contributed by atoms with Gasteiger partial charge in [-0.15, -0.1) is 0 Å². The van der Waals surface area contributed by atoms with Crippen LogP contribution in [0.1, 0.15) is 43.9 Å². The lowest BCUT2D eigenvalue weighted by Crippen LogP contribution is -2.53. The summed E-state index contributed by atoms with van der Waals surface area (Å²) in [6, 6.07) is 14.9. The summed E-state index contributed by atoms with van der Waals surface area (Å²) >= 11 is 0. The SMILES string of the molecule is CC[C@H](C)[C@H](NC(=O)Cc1ccccc1)C(=O)NCC(=O)N1c2ccc(C)cc2CC1C. The van der Waals surface area contributed by atoms with Gasteiger partial charge in [-0.2, -0.15) is 0 Å². The van der Waals surface area contributed by atoms with Crippen molar-refractivity contribution >= 4 is 23.4 Å². The second-order valence-electron chi connectivity index (χ2n) is 8.76. The first-order valence-electron chi connectivity index (χ1n) is 11.3. The molecule has 1 unspecified atom stereocenters. The molecule has 0 radical (unpaired) electrons. The van der Waals surface area contributed by atoms with Crippen LogP contribution in [-0.2, 0) is 27.2 Å². The monoisotopic (exact) mass is 435 g/mol. The van der Waals surface area contributed by atoms with Crippen LogP contribution in [0.3, 0.4) is 0 Å². The fourth-order valence-corrected chi connectivity index (χ4v) is 4.21. The molecule has 1 aliphatic rings. The van der Waals surface area contributed by atoms with Crippen molar-refractivity contribution in [1.29, 1.82) is 0 Å². The number of rotatable bonds is 8. The molecule has 2 N–H and O–H groups in total. The van der Waals surface area contributed by atoms with E-state index in [2.05, 4.69) is 16.7 Å². The Morgan fingerprint density at radius 3 is 2.53 bits per heavy atom. The van der Waals surface area contributed by atoms with Crippen LogP contribution in [-0.4, -0.2) is 36.3 Å². The Balaban J connectivity index is 1.61. The third-order valence-corrected chi connectivity index (χ3v) is 6.15. The number of nitrogens with one attached hydrogen (secondary N) is 2. The molecule has 0 saturated heterocycles. The number of anilines is 1. The molecule has 3 rings (SSSR count). The normalized spacial score (nSPS) is 16.8. The molecule has 0 saturated carbocycles. The third-order valence-electron chi connectivity index (χ3n) is 6.15. The molecule has 3 atom stereocenters. The standard InChI is InChI=1S/C26H33N3O3/c1-5-18(3)25(28-23(30)15-20-9-7-6-8-10-20)26(32)27-16-24(31)29-19(4)14-21-13-17(2)11-12-22(21)29/h6-13,18-19,25H,5,14-16H2,1-4H3,(H,27,32)(H,28,30)/t18-,19?,25-/m0/s1. The minimum Gasteiger partial charge on any atom is -0.345 e. The Hall–Kier alpha value is -3.15. The number of aryl methyl sites for hydroxylation is 1. The highest BCUT2D eigenvalue weighted by atomic mass is 16.2. The number of nitrogens with zero attached hydrogens (tertiary/aromatic N) is 1. The maximum absolute atomic E-state index is 13.0. The number of benzene rings is 2. The van der Waals surface area contributed by atoms with E-state index < -0.39 is 6.04 Å². The maximum atomic E-state index is 13.0. The summed E-state index contributed by atoms with van der Waals surface area (Å²) < 4.78 is 0. The second-order valence-corrected chi connectivity index (χ2v) is 8.76. The molecule has 1 aliphatic heterocycles.